The van der Waals surface area contributed by atoms with E-state index in [4.69, 9.17) is 4.74 Å². The standard InChI is InChI=1S/C17H18F3N3O2/c1-3-22(2)16(24)11-4-6-12(7-5-11)23-14-8-9-25-10-13(14)15(21-23)17(18,19)20/h4-7H,3,8-10H2,1-2H3. The van der Waals surface area contributed by atoms with Crippen molar-refractivity contribution < 1.29 is 22.7 Å². The molecule has 5 nitrogen and oxygen atoms in total. The number of carbonyl (C=O) groups excluding carboxylic acids is 1. The smallest absolute Gasteiger partial charge is 0.376 e. The molecule has 2 heterocycles. The minimum atomic E-state index is -4.53. The first-order valence-corrected chi connectivity index (χ1v) is 7.94. The Morgan fingerprint density at radius 1 is 1.32 bits per heavy atom. The van der Waals surface area contributed by atoms with Gasteiger partial charge >= 0.3 is 6.18 Å². The lowest BCUT2D eigenvalue weighted by atomic mass is 10.1. The third-order valence-electron chi connectivity index (χ3n) is 4.27. The molecule has 0 atom stereocenters. The van der Waals surface area contributed by atoms with Gasteiger partial charge in [0.25, 0.3) is 5.91 Å². The van der Waals surface area contributed by atoms with Gasteiger partial charge in [-0.25, -0.2) is 4.68 Å². The number of halogens is 3. The molecule has 0 aliphatic carbocycles. The number of fused-ring (bicyclic) bond motifs is 1. The molecule has 0 spiro atoms. The van der Waals surface area contributed by atoms with Gasteiger partial charge in [-0.3, -0.25) is 4.79 Å². The zero-order chi connectivity index (χ0) is 18.2. The number of hydrogen-bond donors (Lipinski definition) is 0. The Hall–Kier alpha value is -2.35. The van der Waals surface area contributed by atoms with Crippen LogP contribution in [-0.4, -0.2) is 40.8 Å². The first-order chi connectivity index (χ1) is 11.8. The highest BCUT2D eigenvalue weighted by molar-refractivity contribution is 5.94. The maximum atomic E-state index is 13.2. The number of benzene rings is 1. The Labute approximate surface area is 143 Å². The SMILES string of the molecule is CCN(C)C(=O)c1ccc(-n2nc(C(F)(F)F)c3c2CCOC3)cc1. The van der Waals surface area contributed by atoms with E-state index in [1.165, 1.54) is 4.68 Å². The lowest BCUT2D eigenvalue weighted by Gasteiger charge is -2.16. The number of aromatic nitrogens is 2. The van der Waals surface area contributed by atoms with Crippen molar-refractivity contribution in [1.29, 1.82) is 0 Å². The molecule has 0 saturated heterocycles. The molecule has 0 bridgehead atoms. The van der Waals surface area contributed by atoms with Crippen LogP contribution in [0.4, 0.5) is 13.2 Å². The lowest BCUT2D eigenvalue weighted by molar-refractivity contribution is -0.142. The molecule has 0 radical (unpaired) electrons. The van der Waals surface area contributed by atoms with Gasteiger partial charge in [0.2, 0.25) is 0 Å². The molecule has 0 saturated carbocycles. The minimum absolute atomic E-state index is 0.0876. The van der Waals surface area contributed by atoms with E-state index in [0.717, 1.165) is 0 Å². The fourth-order valence-electron chi connectivity index (χ4n) is 2.79. The average molecular weight is 353 g/mol. The number of nitrogens with zero attached hydrogens (tertiary/aromatic N) is 3. The molecule has 1 aromatic heterocycles. The van der Waals surface area contributed by atoms with Gasteiger partial charge in [0.15, 0.2) is 5.69 Å². The van der Waals surface area contributed by atoms with Gasteiger partial charge in [0.1, 0.15) is 0 Å². The molecule has 8 heteroatoms. The van der Waals surface area contributed by atoms with Crippen LogP contribution in [0.1, 0.15) is 34.2 Å². The highest BCUT2D eigenvalue weighted by Gasteiger charge is 2.40. The predicted octanol–water partition coefficient (Wildman–Crippen LogP) is 3.06. The van der Waals surface area contributed by atoms with Crippen molar-refractivity contribution in [2.75, 3.05) is 20.2 Å². The zero-order valence-corrected chi connectivity index (χ0v) is 13.9. The largest absolute Gasteiger partial charge is 0.435 e. The van der Waals surface area contributed by atoms with Gasteiger partial charge in [0.05, 0.1) is 24.6 Å². The molecule has 134 valence electrons. The second-order valence-electron chi connectivity index (χ2n) is 5.85. The summed E-state index contributed by atoms with van der Waals surface area (Å²) in [6, 6.07) is 6.42. The molecule has 1 aromatic carbocycles. The van der Waals surface area contributed by atoms with Crippen LogP contribution in [0, 0.1) is 0 Å². The summed E-state index contributed by atoms with van der Waals surface area (Å²) in [5.41, 5.74) is 0.652. The molecule has 0 fully saturated rings. The third kappa shape index (κ3) is 3.26. The molecule has 1 amide bonds. The van der Waals surface area contributed by atoms with Gasteiger partial charge in [-0.15, -0.1) is 0 Å². The van der Waals surface area contributed by atoms with Crippen LogP contribution in [-0.2, 0) is 23.9 Å². The summed E-state index contributed by atoms with van der Waals surface area (Å²) in [4.78, 5) is 13.7. The van der Waals surface area contributed by atoms with E-state index >= 15 is 0 Å². The van der Waals surface area contributed by atoms with Crippen molar-refractivity contribution in [3.05, 3.63) is 46.8 Å². The first-order valence-electron chi connectivity index (χ1n) is 7.94. The molecule has 0 unspecified atom stereocenters. The van der Waals surface area contributed by atoms with Crippen LogP contribution in [0.3, 0.4) is 0 Å². The number of hydrogen-bond acceptors (Lipinski definition) is 3. The summed E-state index contributed by atoms with van der Waals surface area (Å²) in [5.74, 6) is -0.138. The summed E-state index contributed by atoms with van der Waals surface area (Å²) in [7, 11) is 1.69. The van der Waals surface area contributed by atoms with E-state index < -0.39 is 11.9 Å². The van der Waals surface area contributed by atoms with Crippen molar-refractivity contribution >= 4 is 5.91 Å². The van der Waals surface area contributed by atoms with Crippen LogP contribution >= 0.6 is 0 Å². The first kappa shape index (κ1) is 17.5. The molecule has 1 aliphatic heterocycles. The topological polar surface area (TPSA) is 47.4 Å². The second-order valence-corrected chi connectivity index (χ2v) is 5.85. The summed E-state index contributed by atoms with van der Waals surface area (Å²) in [6.45, 7) is 2.70. The number of rotatable bonds is 3. The Morgan fingerprint density at radius 3 is 2.60 bits per heavy atom. The maximum Gasteiger partial charge on any atom is 0.435 e. The highest BCUT2D eigenvalue weighted by Crippen LogP contribution is 2.35. The molecular formula is C17H18F3N3O2. The van der Waals surface area contributed by atoms with Crippen molar-refractivity contribution in [3.8, 4) is 5.69 Å². The Morgan fingerprint density at radius 2 is 2.00 bits per heavy atom. The van der Waals surface area contributed by atoms with Gasteiger partial charge in [-0.05, 0) is 31.2 Å². The van der Waals surface area contributed by atoms with Gasteiger partial charge in [-0.1, -0.05) is 0 Å². The van der Waals surface area contributed by atoms with E-state index in [0.29, 0.717) is 36.5 Å². The van der Waals surface area contributed by atoms with Gasteiger partial charge in [0, 0.05) is 31.1 Å². The van der Waals surface area contributed by atoms with Crippen LogP contribution < -0.4 is 0 Å². The molecular weight excluding hydrogens is 335 g/mol. The minimum Gasteiger partial charge on any atom is -0.376 e. The Balaban J connectivity index is 2.00. The summed E-state index contributed by atoms with van der Waals surface area (Å²) in [5, 5.41) is 3.78. The number of carbonyl (C=O) groups is 1. The fraction of sp³-hybridized carbons (Fsp3) is 0.412. The molecule has 1 aliphatic rings. The number of ether oxygens (including phenoxy) is 1. The Bertz CT molecular complexity index is 782. The van der Waals surface area contributed by atoms with Crippen molar-refractivity contribution in [2.24, 2.45) is 0 Å². The monoisotopic (exact) mass is 353 g/mol. The summed E-state index contributed by atoms with van der Waals surface area (Å²) < 4.78 is 46.1. The summed E-state index contributed by atoms with van der Waals surface area (Å²) in [6.07, 6.45) is -4.17. The maximum absolute atomic E-state index is 13.2. The lowest BCUT2D eigenvalue weighted by Crippen LogP contribution is -2.26. The van der Waals surface area contributed by atoms with E-state index in [1.54, 1.807) is 36.2 Å². The average Bonchev–Trinajstić information content (AvgIpc) is 3.00. The fourth-order valence-corrected chi connectivity index (χ4v) is 2.79. The van der Waals surface area contributed by atoms with E-state index in [1.807, 2.05) is 6.92 Å². The molecule has 25 heavy (non-hydrogen) atoms. The van der Waals surface area contributed by atoms with Crippen LogP contribution in [0.5, 0.6) is 0 Å². The van der Waals surface area contributed by atoms with E-state index in [-0.39, 0.29) is 18.1 Å². The van der Waals surface area contributed by atoms with Crippen molar-refractivity contribution in [3.63, 3.8) is 0 Å². The van der Waals surface area contributed by atoms with Gasteiger partial charge < -0.3 is 9.64 Å². The quantitative estimate of drug-likeness (QED) is 0.852. The second kappa shape index (κ2) is 6.51. The Kier molecular flexibility index (Phi) is 4.55. The van der Waals surface area contributed by atoms with Crippen molar-refractivity contribution in [2.45, 2.75) is 26.1 Å². The van der Waals surface area contributed by atoms with Crippen molar-refractivity contribution in [1.82, 2.24) is 14.7 Å². The van der Waals surface area contributed by atoms with Crippen LogP contribution in [0.2, 0.25) is 0 Å². The molecule has 0 N–H and O–H groups in total. The normalized spacial score (nSPS) is 14.3. The number of amides is 1. The van der Waals surface area contributed by atoms with E-state index in [2.05, 4.69) is 5.10 Å². The summed E-state index contributed by atoms with van der Waals surface area (Å²) >= 11 is 0. The molecule has 2 aromatic rings. The predicted molar refractivity (Wildman–Crippen MR) is 84.6 cm³/mol. The van der Waals surface area contributed by atoms with Crippen LogP contribution in [0.15, 0.2) is 24.3 Å². The van der Waals surface area contributed by atoms with Crippen LogP contribution in [0.25, 0.3) is 5.69 Å². The molecule has 3 rings (SSSR count). The van der Waals surface area contributed by atoms with Gasteiger partial charge in [-0.2, -0.15) is 18.3 Å². The van der Waals surface area contributed by atoms with E-state index in [9.17, 15) is 18.0 Å². The highest BCUT2D eigenvalue weighted by atomic mass is 19.4. The number of alkyl halides is 3. The zero-order valence-electron chi connectivity index (χ0n) is 13.9. The third-order valence-corrected chi connectivity index (χ3v) is 4.27.